The zero-order valence-corrected chi connectivity index (χ0v) is 13.8. The van der Waals surface area contributed by atoms with Gasteiger partial charge in [-0.2, -0.15) is 0 Å². The van der Waals surface area contributed by atoms with Gasteiger partial charge in [-0.15, -0.1) is 0 Å². The summed E-state index contributed by atoms with van der Waals surface area (Å²) in [6.45, 7) is 0.0968. The Bertz CT molecular complexity index is 1120. The minimum atomic E-state index is -0.662. The molecular weight excluding hydrogens is 330 g/mol. The van der Waals surface area contributed by atoms with E-state index in [1.807, 2.05) is 42.5 Å². The fourth-order valence-corrected chi connectivity index (χ4v) is 2.85. The monoisotopic (exact) mass is 345 g/mol. The van der Waals surface area contributed by atoms with Crippen LogP contribution < -0.4 is 5.56 Å². The van der Waals surface area contributed by atoms with Crippen LogP contribution in [-0.2, 0) is 11.3 Å². The van der Waals surface area contributed by atoms with Crippen molar-refractivity contribution in [2.45, 2.75) is 6.61 Å². The topological polar surface area (TPSA) is 72.3 Å². The normalized spacial score (nSPS) is 10.8. The number of H-pyrrole nitrogens is 1. The third kappa shape index (κ3) is 3.02. The Morgan fingerprint density at radius 1 is 0.962 bits per heavy atom. The Labute approximate surface area is 148 Å². The molecule has 5 nitrogen and oxygen atoms in total. The number of hydrogen-bond donors (Lipinski definition) is 1. The fraction of sp³-hybridized carbons (Fsp3) is 0.0476. The summed E-state index contributed by atoms with van der Waals surface area (Å²) >= 11 is 0. The number of esters is 1. The zero-order chi connectivity index (χ0) is 17.9. The van der Waals surface area contributed by atoms with Crippen LogP contribution in [-0.4, -0.2) is 11.0 Å². The maximum absolute atomic E-state index is 12.3. The van der Waals surface area contributed by atoms with E-state index in [1.165, 1.54) is 12.3 Å². The van der Waals surface area contributed by atoms with Crippen LogP contribution in [0.5, 0.6) is 0 Å². The largest absolute Gasteiger partial charge is 0.463 e. The molecule has 4 aromatic rings. The summed E-state index contributed by atoms with van der Waals surface area (Å²) in [5.74, 6) is -0.136. The maximum atomic E-state index is 12.3. The third-order valence-electron chi connectivity index (χ3n) is 4.15. The van der Waals surface area contributed by atoms with E-state index in [2.05, 4.69) is 4.98 Å². The molecule has 2 aromatic carbocycles. The van der Waals surface area contributed by atoms with Gasteiger partial charge in [0.15, 0.2) is 0 Å². The number of aromatic amines is 1. The van der Waals surface area contributed by atoms with Gasteiger partial charge in [-0.3, -0.25) is 4.79 Å². The van der Waals surface area contributed by atoms with Crippen LogP contribution in [0.25, 0.3) is 22.2 Å². The van der Waals surface area contributed by atoms with E-state index < -0.39 is 11.5 Å². The minimum absolute atomic E-state index is 0.0412. The lowest BCUT2D eigenvalue weighted by molar-refractivity contribution is 0.0472. The maximum Gasteiger partial charge on any atom is 0.344 e. The lowest BCUT2D eigenvalue weighted by atomic mass is 10.1. The summed E-state index contributed by atoms with van der Waals surface area (Å²) < 4.78 is 10.6. The highest BCUT2D eigenvalue weighted by Gasteiger charge is 2.14. The summed E-state index contributed by atoms with van der Waals surface area (Å²) in [6.07, 6.45) is 1.51. The molecule has 0 amide bonds. The van der Waals surface area contributed by atoms with Crippen molar-refractivity contribution < 1.29 is 13.9 Å². The molecule has 128 valence electrons. The van der Waals surface area contributed by atoms with Crippen molar-refractivity contribution in [3.63, 3.8) is 0 Å². The number of pyridine rings is 1. The number of carbonyl (C=O) groups is 1. The van der Waals surface area contributed by atoms with Crippen LogP contribution >= 0.6 is 0 Å². The van der Waals surface area contributed by atoms with Crippen molar-refractivity contribution in [3.05, 3.63) is 94.5 Å². The molecule has 0 unspecified atom stereocenters. The number of benzene rings is 2. The predicted octanol–water partition coefficient (Wildman–Crippen LogP) is 4.15. The molecule has 0 radical (unpaired) electrons. The molecule has 0 aliphatic carbocycles. The van der Waals surface area contributed by atoms with Gasteiger partial charge in [0.05, 0.1) is 12.0 Å². The highest BCUT2D eigenvalue weighted by Crippen LogP contribution is 2.20. The molecule has 0 bridgehead atoms. The van der Waals surface area contributed by atoms with E-state index in [1.54, 1.807) is 18.2 Å². The first kappa shape index (κ1) is 15.9. The van der Waals surface area contributed by atoms with E-state index in [0.29, 0.717) is 11.5 Å². The SMILES string of the molecule is O=C(OCc1cccc2ccccc12)c1ccc(-c2ccco2)[nH]c1=O. The number of aromatic nitrogens is 1. The summed E-state index contributed by atoms with van der Waals surface area (Å²) in [6, 6.07) is 20.2. The van der Waals surface area contributed by atoms with Crippen LogP contribution in [0.1, 0.15) is 15.9 Å². The van der Waals surface area contributed by atoms with Crippen molar-refractivity contribution >= 4 is 16.7 Å². The number of carbonyl (C=O) groups excluding carboxylic acids is 1. The second-order valence-corrected chi connectivity index (χ2v) is 5.81. The lowest BCUT2D eigenvalue weighted by Crippen LogP contribution is -2.19. The van der Waals surface area contributed by atoms with Gasteiger partial charge >= 0.3 is 5.97 Å². The van der Waals surface area contributed by atoms with Gasteiger partial charge in [-0.05, 0) is 40.6 Å². The number of hydrogen-bond acceptors (Lipinski definition) is 4. The molecule has 0 aliphatic rings. The third-order valence-corrected chi connectivity index (χ3v) is 4.15. The summed E-state index contributed by atoms with van der Waals surface area (Å²) in [5, 5.41) is 2.09. The first-order valence-corrected chi connectivity index (χ1v) is 8.13. The van der Waals surface area contributed by atoms with Gasteiger partial charge in [-0.25, -0.2) is 4.79 Å². The van der Waals surface area contributed by atoms with E-state index in [9.17, 15) is 9.59 Å². The average Bonchev–Trinajstić information content (AvgIpc) is 3.21. The lowest BCUT2D eigenvalue weighted by Gasteiger charge is -2.08. The molecule has 26 heavy (non-hydrogen) atoms. The Hall–Kier alpha value is -3.60. The second-order valence-electron chi connectivity index (χ2n) is 5.81. The van der Waals surface area contributed by atoms with Gasteiger partial charge < -0.3 is 14.1 Å². The zero-order valence-electron chi connectivity index (χ0n) is 13.8. The molecule has 0 spiro atoms. The highest BCUT2D eigenvalue weighted by atomic mass is 16.5. The molecule has 2 aromatic heterocycles. The number of ether oxygens (including phenoxy) is 1. The average molecular weight is 345 g/mol. The van der Waals surface area contributed by atoms with E-state index >= 15 is 0 Å². The highest BCUT2D eigenvalue weighted by molar-refractivity contribution is 5.90. The van der Waals surface area contributed by atoms with Gasteiger partial charge in [0, 0.05) is 0 Å². The van der Waals surface area contributed by atoms with Gasteiger partial charge in [0.1, 0.15) is 17.9 Å². The first-order valence-electron chi connectivity index (χ1n) is 8.13. The Kier molecular flexibility index (Phi) is 4.11. The van der Waals surface area contributed by atoms with Crippen LogP contribution in [0.2, 0.25) is 0 Å². The molecule has 5 heteroatoms. The van der Waals surface area contributed by atoms with Crippen molar-refractivity contribution in [3.8, 4) is 11.5 Å². The standard InChI is InChI=1S/C21H15NO4/c23-20-17(10-11-18(22-20)19-9-4-12-25-19)21(24)26-13-15-7-3-6-14-5-1-2-8-16(14)15/h1-12H,13H2,(H,22,23). The number of rotatable bonds is 4. The molecular formula is C21H15NO4. The molecule has 4 rings (SSSR count). The van der Waals surface area contributed by atoms with E-state index in [-0.39, 0.29) is 12.2 Å². The Morgan fingerprint density at radius 2 is 1.81 bits per heavy atom. The van der Waals surface area contributed by atoms with Crippen LogP contribution in [0, 0.1) is 0 Å². The molecule has 0 fully saturated rings. The van der Waals surface area contributed by atoms with Crippen molar-refractivity contribution in [2.24, 2.45) is 0 Å². The molecule has 0 atom stereocenters. The molecule has 1 N–H and O–H groups in total. The summed E-state index contributed by atoms with van der Waals surface area (Å²) in [7, 11) is 0. The Balaban J connectivity index is 1.54. The minimum Gasteiger partial charge on any atom is -0.463 e. The summed E-state index contributed by atoms with van der Waals surface area (Å²) in [4.78, 5) is 27.1. The fourth-order valence-electron chi connectivity index (χ4n) is 2.85. The van der Waals surface area contributed by atoms with Crippen LogP contribution in [0.4, 0.5) is 0 Å². The van der Waals surface area contributed by atoms with Crippen LogP contribution in [0.15, 0.2) is 82.2 Å². The smallest absolute Gasteiger partial charge is 0.344 e. The van der Waals surface area contributed by atoms with Crippen LogP contribution in [0.3, 0.4) is 0 Å². The predicted molar refractivity (Wildman–Crippen MR) is 97.8 cm³/mol. The first-order chi connectivity index (χ1) is 12.7. The van der Waals surface area contributed by atoms with Gasteiger partial charge in [0.25, 0.3) is 5.56 Å². The molecule has 0 aliphatic heterocycles. The van der Waals surface area contributed by atoms with Crippen molar-refractivity contribution in [1.29, 1.82) is 0 Å². The van der Waals surface area contributed by atoms with Gasteiger partial charge in [-0.1, -0.05) is 42.5 Å². The molecule has 0 saturated heterocycles. The van der Waals surface area contributed by atoms with E-state index in [4.69, 9.17) is 9.15 Å². The number of furan rings is 1. The molecule has 2 heterocycles. The Morgan fingerprint density at radius 3 is 2.62 bits per heavy atom. The number of nitrogens with one attached hydrogen (secondary N) is 1. The van der Waals surface area contributed by atoms with Gasteiger partial charge in [0.2, 0.25) is 0 Å². The van der Waals surface area contributed by atoms with Crippen molar-refractivity contribution in [1.82, 2.24) is 4.98 Å². The molecule has 0 saturated carbocycles. The number of fused-ring (bicyclic) bond motifs is 1. The van der Waals surface area contributed by atoms with E-state index in [0.717, 1.165) is 16.3 Å². The summed E-state index contributed by atoms with van der Waals surface area (Å²) in [5.41, 5.74) is 0.841. The van der Waals surface area contributed by atoms with Crippen molar-refractivity contribution in [2.75, 3.05) is 0 Å². The second kappa shape index (κ2) is 6.72. The quantitative estimate of drug-likeness (QED) is 0.564.